The minimum absolute atomic E-state index is 0. The molecule has 7 nitrogen and oxygen atoms in total. The fourth-order valence-electron chi connectivity index (χ4n) is 2.14. The Bertz CT molecular complexity index is 464. The molecular weight excluding hydrogens is 300 g/mol. The molecule has 0 aromatic heterocycles. The number of rotatable bonds is 8. The molecule has 0 atom stereocenters. The monoisotopic (exact) mass is 320 g/mol. The minimum atomic E-state index is -0.444. The van der Waals surface area contributed by atoms with E-state index in [2.05, 4.69) is 0 Å². The van der Waals surface area contributed by atoms with Gasteiger partial charge in [-0.1, -0.05) is 0 Å². The molecule has 0 saturated carbocycles. The van der Waals surface area contributed by atoms with Gasteiger partial charge in [0.05, 0.1) is 43.9 Å². The molecule has 0 aliphatic heterocycles. The second-order valence-electron chi connectivity index (χ2n) is 4.92. The Hall–Kier alpha value is -1.41. The fraction of sp³-hybridized carbons (Fsp3) is 0.538. The number of likely N-dealkylation sites (N-methyl/N-ethyl adjacent to an activating group) is 1. The number of benzene rings is 1. The van der Waals surface area contributed by atoms with Gasteiger partial charge < -0.3 is 31.8 Å². The summed E-state index contributed by atoms with van der Waals surface area (Å²) < 4.78 is 5.33. The Labute approximate surface area is 129 Å². The number of ether oxygens (including phenoxy) is 1. The molecule has 120 valence electrons. The van der Waals surface area contributed by atoms with E-state index in [1.807, 2.05) is 7.05 Å². The van der Waals surface area contributed by atoms with Crippen LogP contribution in [0.15, 0.2) is 18.2 Å². The number of nitrogens with zero attached hydrogens (tertiary/aromatic N) is 2. The lowest BCUT2D eigenvalue weighted by Crippen LogP contribution is -3.00. The highest BCUT2D eigenvalue weighted by Crippen LogP contribution is 2.27. The molecule has 8 heteroatoms. The van der Waals surface area contributed by atoms with Crippen LogP contribution in [0.4, 0.5) is 5.69 Å². The maximum atomic E-state index is 11.1. The van der Waals surface area contributed by atoms with Gasteiger partial charge in [0.1, 0.15) is 25.4 Å². The number of aliphatic hydroxyl groups is 2. The topological polar surface area (TPSA) is 92.8 Å². The van der Waals surface area contributed by atoms with Crippen molar-refractivity contribution >= 4 is 5.69 Å². The molecule has 1 aromatic rings. The van der Waals surface area contributed by atoms with Crippen LogP contribution in [0.3, 0.4) is 0 Å². The number of quaternary nitrogens is 1. The van der Waals surface area contributed by atoms with Crippen LogP contribution in [0.2, 0.25) is 0 Å². The van der Waals surface area contributed by atoms with Crippen molar-refractivity contribution < 1.29 is 36.8 Å². The van der Waals surface area contributed by atoms with Crippen LogP contribution in [0.25, 0.3) is 0 Å². The minimum Gasteiger partial charge on any atom is -1.00 e. The van der Waals surface area contributed by atoms with E-state index in [1.54, 1.807) is 12.1 Å². The standard InChI is InChI=1S/C13H21N2O5.ClH/c1-15(5-7-16,6-8-17)10-11-3-4-12(20-2)9-13(11)14(18)19;/h3-4,9,16-17H,5-8,10H2,1-2H3;1H/q+1;/p-1. The first-order chi connectivity index (χ1) is 9.45. The molecule has 0 heterocycles. The van der Waals surface area contributed by atoms with Crippen molar-refractivity contribution in [3.63, 3.8) is 0 Å². The first kappa shape index (κ1) is 19.6. The van der Waals surface area contributed by atoms with Crippen molar-refractivity contribution in [1.82, 2.24) is 0 Å². The molecule has 0 radical (unpaired) electrons. The molecule has 0 amide bonds. The third-order valence-corrected chi connectivity index (χ3v) is 3.32. The first-order valence-corrected chi connectivity index (χ1v) is 6.32. The van der Waals surface area contributed by atoms with E-state index in [9.17, 15) is 10.1 Å². The van der Waals surface area contributed by atoms with E-state index in [4.69, 9.17) is 14.9 Å². The summed E-state index contributed by atoms with van der Waals surface area (Å²) in [7, 11) is 3.30. The highest BCUT2D eigenvalue weighted by atomic mass is 35.5. The van der Waals surface area contributed by atoms with Crippen molar-refractivity contribution in [2.24, 2.45) is 0 Å². The first-order valence-electron chi connectivity index (χ1n) is 6.32. The van der Waals surface area contributed by atoms with Gasteiger partial charge in [0, 0.05) is 0 Å². The Morgan fingerprint density at radius 3 is 2.29 bits per heavy atom. The summed E-state index contributed by atoms with van der Waals surface area (Å²) in [6, 6.07) is 4.71. The summed E-state index contributed by atoms with van der Waals surface area (Å²) in [4.78, 5) is 10.7. The van der Waals surface area contributed by atoms with Crippen LogP contribution in [0.1, 0.15) is 5.56 Å². The van der Waals surface area contributed by atoms with Gasteiger partial charge in [0.25, 0.3) is 5.69 Å². The quantitative estimate of drug-likeness (QED) is 0.315. The zero-order chi connectivity index (χ0) is 15.2. The highest BCUT2D eigenvalue weighted by Gasteiger charge is 2.26. The second kappa shape index (κ2) is 8.78. The van der Waals surface area contributed by atoms with Gasteiger partial charge in [-0.3, -0.25) is 10.1 Å². The maximum Gasteiger partial charge on any atom is 0.281 e. The van der Waals surface area contributed by atoms with Crippen LogP contribution in [0, 0.1) is 10.1 Å². The van der Waals surface area contributed by atoms with E-state index >= 15 is 0 Å². The average molecular weight is 321 g/mol. The zero-order valence-corrected chi connectivity index (χ0v) is 12.9. The van der Waals surface area contributed by atoms with Gasteiger partial charge in [0.2, 0.25) is 0 Å². The Morgan fingerprint density at radius 2 is 1.86 bits per heavy atom. The van der Waals surface area contributed by atoms with E-state index < -0.39 is 4.92 Å². The van der Waals surface area contributed by atoms with Crippen LogP contribution in [0.5, 0.6) is 5.75 Å². The van der Waals surface area contributed by atoms with Crippen LogP contribution in [-0.2, 0) is 6.54 Å². The Morgan fingerprint density at radius 1 is 1.29 bits per heavy atom. The van der Waals surface area contributed by atoms with Crippen molar-refractivity contribution in [1.29, 1.82) is 0 Å². The molecule has 0 bridgehead atoms. The van der Waals surface area contributed by atoms with Crippen molar-refractivity contribution in [2.45, 2.75) is 6.54 Å². The third-order valence-electron chi connectivity index (χ3n) is 3.32. The molecule has 2 N–H and O–H groups in total. The number of nitro groups is 1. The molecule has 0 saturated heterocycles. The third kappa shape index (κ3) is 5.47. The predicted molar refractivity (Wildman–Crippen MR) is 73.4 cm³/mol. The number of hydrogen-bond acceptors (Lipinski definition) is 5. The lowest BCUT2D eigenvalue weighted by molar-refractivity contribution is -0.923. The van der Waals surface area contributed by atoms with Gasteiger partial charge in [-0.05, 0) is 12.1 Å². The number of aliphatic hydroxyl groups excluding tert-OH is 2. The van der Waals surface area contributed by atoms with Gasteiger partial charge in [0.15, 0.2) is 0 Å². The lowest BCUT2D eigenvalue weighted by atomic mass is 10.1. The average Bonchev–Trinajstić information content (AvgIpc) is 2.39. The van der Waals surface area contributed by atoms with E-state index in [1.165, 1.54) is 13.2 Å². The number of hydrogen-bond donors (Lipinski definition) is 2. The molecule has 1 rings (SSSR count). The predicted octanol–water partition coefficient (Wildman–Crippen LogP) is -2.46. The highest BCUT2D eigenvalue weighted by molar-refractivity contribution is 5.45. The number of halogens is 1. The molecule has 1 aromatic carbocycles. The molecular formula is C13H21ClN2O5. The van der Waals surface area contributed by atoms with Gasteiger partial charge >= 0.3 is 0 Å². The summed E-state index contributed by atoms with van der Waals surface area (Å²) in [5, 5.41) is 29.4. The van der Waals surface area contributed by atoms with E-state index in [0.29, 0.717) is 35.4 Å². The largest absolute Gasteiger partial charge is 1.00 e. The van der Waals surface area contributed by atoms with Crippen molar-refractivity contribution in [3.05, 3.63) is 33.9 Å². The van der Waals surface area contributed by atoms with E-state index in [0.717, 1.165) is 0 Å². The summed E-state index contributed by atoms with van der Waals surface area (Å²) in [6.45, 7) is 1.12. The Kier molecular flexibility index (Phi) is 8.19. The fourth-order valence-corrected chi connectivity index (χ4v) is 2.14. The summed E-state index contributed by atoms with van der Waals surface area (Å²) in [6.07, 6.45) is 0. The molecule has 0 aliphatic rings. The van der Waals surface area contributed by atoms with Crippen molar-refractivity contribution in [3.8, 4) is 5.75 Å². The van der Waals surface area contributed by atoms with Crippen LogP contribution < -0.4 is 17.1 Å². The van der Waals surface area contributed by atoms with E-state index in [-0.39, 0.29) is 31.3 Å². The van der Waals surface area contributed by atoms with Crippen LogP contribution in [-0.4, -0.2) is 60.1 Å². The van der Waals surface area contributed by atoms with Crippen molar-refractivity contribution in [2.75, 3.05) is 40.5 Å². The normalized spacial score (nSPS) is 10.9. The number of methoxy groups -OCH3 is 1. The maximum absolute atomic E-state index is 11.1. The van der Waals surface area contributed by atoms with Gasteiger partial charge in [-0.2, -0.15) is 0 Å². The van der Waals surface area contributed by atoms with Gasteiger partial charge in [-0.15, -0.1) is 0 Å². The second-order valence-corrected chi connectivity index (χ2v) is 4.92. The molecule has 21 heavy (non-hydrogen) atoms. The van der Waals surface area contributed by atoms with Crippen LogP contribution >= 0.6 is 0 Å². The summed E-state index contributed by atoms with van der Waals surface area (Å²) >= 11 is 0. The molecule has 0 fully saturated rings. The SMILES string of the molecule is COc1ccc(C[N+](C)(CCO)CCO)c([N+](=O)[O-])c1.[Cl-]. The number of nitro benzene ring substituents is 1. The summed E-state index contributed by atoms with van der Waals surface area (Å²) in [5.41, 5.74) is 0.546. The summed E-state index contributed by atoms with van der Waals surface area (Å²) in [5.74, 6) is 0.430. The smallest absolute Gasteiger partial charge is 0.281 e. The lowest BCUT2D eigenvalue weighted by Gasteiger charge is -2.33. The zero-order valence-electron chi connectivity index (χ0n) is 12.2. The van der Waals surface area contributed by atoms with Gasteiger partial charge in [-0.25, -0.2) is 0 Å². The molecule has 0 spiro atoms. The molecule has 0 unspecified atom stereocenters. The Balaban J connectivity index is 0.00000400. The molecule has 0 aliphatic carbocycles.